The molecule has 2 fully saturated rings. The first kappa shape index (κ1) is 16.3. The van der Waals surface area contributed by atoms with Crippen molar-refractivity contribution in [2.24, 2.45) is 5.92 Å². The second kappa shape index (κ2) is 6.96. The summed E-state index contributed by atoms with van der Waals surface area (Å²) in [5, 5.41) is 12.2. The van der Waals surface area contributed by atoms with E-state index in [-0.39, 0.29) is 12.0 Å². The first-order chi connectivity index (χ1) is 11.7. The molecule has 128 valence electrons. The van der Waals surface area contributed by atoms with E-state index in [1.54, 1.807) is 0 Å². The topological polar surface area (TPSA) is 45.6 Å². The van der Waals surface area contributed by atoms with E-state index in [1.165, 1.54) is 6.42 Å². The van der Waals surface area contributed by atoms with E-state index in [0.29, 0.717) is 19.3 Å². The third-order valence-electron chi connectivity index (χ3n) is 5.39. The molecular formula is C19H23ClN2O2. The van der Waals surface area contributed by atoms with Crippen LogP contribution in [0.3, 0.4) is 0 Å². The Morgan fingerprint density at radius 2 is 2.25 bits per heavy atom. The Labute approximate surface area is 147 Å². The predicted octanol–water partition coefficient (Wildman–Crippen LogP) is 3.25. The molecule has 4 rings (SSSR count). The van der Waals surface area contributed by atoms with Crippen LogP contribution >= 0.6 is 11.6 Å². The molecule has 5 heteroatoms. The van der Waals surface area contributed by atoms with Crippen molar-refractivity contribution in [3.05, 3.63) is 41.0 Å². The highest BCUT2D eigenvalue weighted by atomic mass is 35.5. The Morgan fingerprint density at radius 3 is 3.12 bits per heavy atom. The van der Waals surface area contributed by atoms with Gasteiger partial charge in [0.15, 0.2) is 0 Å². The van der Waals surface area contributed by atoms with Crippen LogP contribution in [0.2, 0.25) is 5.02 Å². The van der Waals surface area contributed by atoms with Crippen LogP contribution in [0.5, 0.6) is 0 Å². The molecule has 1 aromatic carbocycles. The molecule has 0 amide bonds. The summed E-state index contributed by atoms with van der Waals surface area (Å²) in [6, 6.07) is 8.36. The van der Waals surface area contributed by atoms with E-state index >= 15 is 0 Å². The Bertz CT molecular complexity index is 724. The highest BCUT2D eigenvalue weighted by Gasteiger charge is 2.37. The van der Waals surface area contributed by atoms with Crippen LogP contribution < -0.4 is 0 Å². The lowest BCUT2D eigenvalue weighted by Crippen LogP contribution is -2.45. The number of benzene rings is 1. The number of hydrogen-bond acceptors (Lipinski definition) is 4. The lowest BCUT2D eigenvalue weighted by Gasteiger charge is -2.37. The van der Waals surface area contributed by atoms with Gasteiger partial charge in [0.2, 0.25) is 0 Å². The quantitative estimate of drug-likeness (QED) is 0.926. The number of likely N-dealkylation sites (tertiary alicyclic amines) is 1. The van der Waals surface area contributed by atoms with Gasteiger partial charge in [0.1, 0.15) is 0 Å². The van der Waals surface area contributed by atoms with Crippen LogP contribution in [0.15, 0.2) is 30.5 Å². The van der Waals surface area contributed by atoms with Gasteiger partial charge in [-0.05, 0) is 49.6 Å². The molecule has 0 aliphatic carbocycles. The zero-order valence-electron chi connectivity index (χ0n) is 13.7. The SMILES string of the molecule is O[C@@H]1CCOC[C@@H]1[C@H]1CCCN1Cc1cc(Cl)cc2cccnc12. The van der Waals surface area contributed by atoms with Gasteiger partial charge >= 0.3 is 0 Å². The second-order valence-electron chi connectivity index (χ2n) is 6.91. The van der Waals surface area contributed by atoms with Crippen molar-refractivity contribution < 1.29 is 9.84 Å². The van der Waals surface area contributed by atoms with E-state index in [4.69, 9.17) is 16.3 Å². The minimum atomic E-state index is -0.251. The van der Waals surface area contributed by atoms with Crippen molar-refractivity contribution in [3.8, 4) is 0 Å². The second-order valence-corrected chi connectivity index (χ2v) is 7.35. The van der Waals surface area contributed by atoms with Gasteiger partial charge in [0, 0.05) is 41.7 Å². The molecule has 1 aromatic heterocycles. The Kier molecular flexibility index (Phi) is 4.72. The summed E-state index contributed by atoms with van der Waals surface area (Å²) in [7, 11) is 0. The number of hydrogen-bond donors (Lipinski definition) is 1. The van der Waals surface area contributed by atoms with Crippen LogP contribution in [0, 0.1) is 5.92 Å². The average Bonchev–Trinajstić information content (AvgIpc) is 3.03. The summed E-state index contributed by atoms with van der Waals surface area (Å²) in [5.41, 5.74) is 2.18. The van der Waals surface area contributed by atoms with Crippen LogP contribution in [0.1, 0.15) is 24.8 Å². The van der Waals surface area contributed by atoms with Crippen molar-refractivity contribution >= 4 is 22.5 Å². The molecule has 2 aliphatic heterocycles. The number of aliphatic hydroxyl groups is 1. The average molecular weight is 347 g/mol. The predicted molar refractivity (Wildman–Crippen MR) is 95.1 cm³/mol. The Balaban J connectivity index is 1.60. The fraction of sp³-hybridized carbons (Fsp3) is 0.526. The molecule has 2 aromatic rings. The molecule has 0 saturated carbocycles. The van der Waals surface area contributed by atoms with Gasteiger partial charge in [-0.3, -0.25) is 9.88 Å². The summed E-state index contributed by atoms with van der Waals surface area (Å²) in [6.45, 7) is 3.21. The first-order valence-corrected chi connectivity index (χ1v) is 9.13. The molecular weight excluding hydrogens is 324 g/mol. The smallest absolute Gasteiger partial charge is 0.0747 e. The molecule has 3 heterocycles. The number of aromatic nitrogens is 1. The zero-order valence-corrected chi connectivity index (χ0v) is 14.5. The van der Waals surface area contributed by atoms with E-state index in [0.717, 1.165) is 47.4 Å². The minimum absolute atomic E-state index is 0.208. The molecule has 1 N–H and O–H groups in total. The summed E-state index contributed by atoms with van der Waals surface area (Å²) in [6.07, 6.45) is 4.62. The lowest BCUT2D eigenvalue weighted by atomic mass is 9.89. The van der Waals surface area contributed by atoms with E-state index in [1.807, 2.05) is 24.4 Å². The standard InChI is InChI=1S/C19H23ClN2O2/c20-15-9-13-3-1-6-21-19(13)14(10-15)11-22-7-2-4-17(22)16-12-24-8-5-18(16)23/h1,3,6,9-10,16-18,23H,2,4-5,7-8,11-12H2/t16-,17-,18-/m1/s1. The van der Waals surface area contributed by atoms with Crippen molar-refractivity contribution in [3.63, 3.8) is 0 Å². The number of pyridine rings is 1. The normalized spacial score (nSPS) is 28.5. The van der Waals surface area contributed by atoms with Gasteiger partial charge in [-0.2, -0.15) is 0 Å². The van der Waals surface area contributed by atoms with Crippen molar-refractivity contribution in [1.29, 1.82) is 0 Å². The van der Waals surface area contributed by atoms with Gasteiger partial charge in [0.05, 0.1) is 18.2 Å². The summed E-state index contributed by atoms with van der Waals surface area (Å²) in [5.74, 6) is 0.208. The number of nitrogens with zero attached hydrogens (tertiary/aromatic N) is 2. The summed E-state index contributed by atoms with van der Waals surface area (Å²) < 4.78 is 5.63. The molecule has 2 saturated heterocycles. The minimum Gasteiger partial charge on any atom is -0.393 e. The van der Waals surface area contributed by atoms with Crippen molar-refractivity contribution in [2.75, 3.05) is 19.8 Å². The largest absolute Gasteiger partial charge is 0.393 e. The van der Waals surface area contributed by atoms with Crippen LogP contribution in [0.25, 0.3) is 10.9 Å². The first-order valence-electron chi connectivity index (χ1n) is 8.75. The lowest BCUT2D eigenvalue weighted by molar-refractivity contribution is -0.0635. The number of fused-ring (bicyclic) bond motifs is 1. The number of halogens is 1. The molecule has 0 spiro atoms. The molecule has 24 heavy (non-hydrogen) atoms. The molecule has 0 bridgehead atoms. The van der Waals surface area contributed by atoms with Crippen LogP contribution in [0.4, 0.5) is 0 Å². The Morgan fingerprint density at radius 1 is 1.33 bits per heavy atom. The van der Waals surface area contributed by atoms with Gasteiger partial charge in [-0.15, -0.1) is 0 Å². The van der Waals surface area contributed by atoms with Crippen LogP contribution in [-0.2, 0) is 11.3 Å². The summed E-state index contributed by atoms with van der Waals surface area (Å²) in [4.78, 5) is 7.03. The van der Waals surface area contributed by atoms with Crippen molar-refractivity contribution in [2.45, 2.75) is 38.0 Å². The molecule has 4 nitrogen and oxygen atoms in total. The molecule has 0 radical (unpaired) electrons. The summed E-state index contributed by atoms with van der Waals surface area (Å²) >= 11 is 6.31. The monoisotopic (exact) mass is 346 g/mol. The zero-order chi connectivity index (χ0) is 16.5. The maximum absolute atomic E-state index is 10.4. The number of aliphatic hydroxyl groups excluding tert-OH is 1. The number of ether oxygens (including phenoxy) is 1. The Hall–Kier alpha value is -1.20. The highest BCUT2D eigenvalue weighted by Crippen LogP contribution is 2.32. The van der Waals surface area contributed by atoms with Crippen LogP contribution in [-0.4, -0.2) is 46.9 Å². The fourth-order valence-corrected chi connectivity index (χ4v) is 4.47. The fourth-order valence-electron chi connectivity index (χ4n) is 4.22. The third kappa shape index (κ3) is 3.16. The third-order valence-corrected chi connectivity index (χ3v) is 5.61. The maximum atomic E-state index is 10.4. The molecule has 2 aliphatic rings. The molecule has 3 atom stereocenters. The van der Waals surface area contributed by atoms with Gasteiger partial charge in [-0.25, -0.2) is 0 Å². The van der Waals surface area contributed by atoms with Crippen molar-refractivity contribution in [1.82, 2.24) is 9.88 Å². The van der Waals surface area contributed by atoms with Gasteiger partial charge in [0.25, 0.3) is 0 Å². The number of rotatable bonds is 3. The van der Waals surface area contributed by atoms with E-state index < -0.39 is 0 Å². The highest BCUT2D eigenvalue weighted by molar-refractivity contribution is 6.31. The van der Waals surface area contributed by atoms with E-state index in [9.17, 15) is 5.11 Å². The molecule has 0 unspecified atom stereocenters. The van der Waals surface area contributed by atoms with Gasteiger partial charge < -0.3 is 9.84 Å². The maximum Gasteiger partial charge on any atom is 0.0747 e. The van der Waals surface area contributed by atoms with E-state index in [2.05, 4.69) is 16.0 Å². The van der Waals surface area contributed by atoms with Gasteiger partial charge in [-0.1, -0.05) is 17.7 Å².